The summed E-state index contributed by atoms with van der Waals surface area (Å²) < 4.78 is 48.9. The van der Waals surface area contributed by atoms with Crippen LogP contribution in [0.1, 0.15) is 19.4 Å². The first-order chi connectivity index (χ1) is 9.38. The summed E-state index contributed by atoms with van der Waals surface area (Å²) in [6, 6.07) is 3.98. The molecule has 1 N–H and O–H groups in total. The van der Waals surface area contributed by atoms with Crippen LogP contribution in [-0.4, -0.2) is 26.0 Å². The standard InChI is InChI=1S/C13H17BrF3NO2/c1-3-19-12(20-4-2)8-18-9-5-6-11(14)10(7-9)13(15,16)17/h5-7,12,18H,3-4,8H2,1-2H3. The molecule has 0 aliphatic heterocycles. The zero-order valence-electron chi connectivity index (χ0n) is 11.3. The van der Waals surface area contributed by atoms with Crippen molar-refractivity contribution in [2.75, 3.05) is 25.1 Å². The van der Waals surface area contributed by atoms with Crippen LogP contribution in [0.2, 0.25) is 0 Å². The van der Waals surface area contributed by atoms with E-state index in [4.69, 9.17) is 9.47 Å². The van der Waals surface area contributed by atoms with E-state index in [0.717, 1.165) is 6.07 Å². The highest BCUT2D eigenvalue weighted by Gasteiger charge is 2.33. The van der Waals surface area contributed by atoms with Crippen molar-refractivity contribution in [1.29, 1.82) is 0 Å². The second kappa shape index (κ2) is 7.85. The van der Waals surface area contributed by atoms with E-state index in [1.807, 2.05) is 13.8 Å². The SMILES string of the molecule is CCOC(CNc1ccc(Br)c(C(F)(F)F)c1)OCC. The maximum atomic E-state index is 12.8. The number of ether oxygens (including phenoxy) is 2. The summed E-state index contributed by atoms with van der Waals surface area (Å²) >= 11 is 2.90. The highest BCUT2D eigenvalue weighted by Crippen LogP contribution is 2.36. The summed E-state index contributed by atoms with van der Waals surface area (Å²) in [5, 5.41) is 2.88. The fourth-order valence-electron chi connectivity index (χ4n) is 1.59. The molecule has 114 valence electrons. The van der Waals surface area contributed by atoms with Crippen LogP contribution in [0.5, 0.6) is 0 Å². The minimum atomic E-state index is -4.39. The molecule has 0 atom stereocenters. The molecule has 0 fully saturated rings. The van der Waals surface area contributed by atoms with Gasteiger partial charge >= 0.3 is 6.18 Å². The Balaban J connectivity index is 2.73. The van der Waals surface area contributed by atoms with Crippen LogP contribution in [0.3, 0.4) is 0 Å². The number of anilines is 1. The van der Waals surface area contributed by atoms with Crippen molar-refractivity contribution in [2.24, 2.45) is 0 Å². The average molecular weight is 356 g/mol. The third-order valence-corrected chi connectivity index (χ3v) is 3.14. The van der Waals surface area contributed by atoms with Crippen LogP contribution in [0.4, 0.5) is 18.9 Å². The molecule has 0 aromatic heterocycles. The van der Waals surface area contributed by atoms with Gasteiger partial charge in [-0.3, -0.25) is 0 Å². The van der Waals surface area contributed by atoms with Gasteiger partial charge in [-0.2, -0.15) is 13.2 Å². The summed E-state index contributed by atoms with van der Waals surface area (Å²) in [4.78, 5) is 0. The molecule has 20 heavy (non-hydrogen) atoms. The Morgan fingerprint density at radius 2 is 1.80 bits per heavy atom. The lowest BCUT2D eigenvalue weighted by atomic mass is 10.2. The van der Waals surface area contributed by atoms with Crippen molar-refractivity contribution in [3.05, 3.63) is 28.2 Å². The van der Waals surface area contributed by atoms with Crippen molar-refractivity contribution in [2.45, 2.75) is 26.3 Å². The zero-order chi connectivity index (χ0) is 15.2. The number of rotatable bonds is 7. The quantitative estimate of drug-likeness (QED) is 0.740. The van der Waals surface area contributed by atoms with Gasteiger partial charge in [0.25, 0.3) is 0 Å². The van der Waals surface area contributed by atoms with E-state index >= 15 is 0 Å². The molecular formula is C13H17BrF3NO2. The van der Waals surface area contributed by atoms with Crippen molar-refractivity contribution in [1.82, 2.24) is 0 Å². The third-order valence-electron chi connectivity index (χ3n) is 2.45. The Hall–Kier alpha value is -0.790. The predicted molar refractivity (Wildman–Crippen MR) is 74.7 cm³/mol. The Labute approximate surface area is 124 Å². The van der Waals surface area contributed by atoms with E-state index in [1.165, 1.54) is 6.07 Å². The number of halogens is 4. The molecule has 0 saturated heterocycles. The summed E-state index contributed by atoms with van der Waals surface area (Å²) in [6.45, 7) is 4.88. The molecule has 0 heterocycles. The Kier molecular flexibility index (Phi) is 6.78. The second-order valence-electron chi connectivity index (χ2n) is 3.91. The van der Waals surface area contributed by atoms with E-state index in [0.29, 0.717) is 18.9 Å². The van der Waals surface area contributed by atoms with E-state index < -0.39 is 18.0 Å². The van der Waals surface area contributed by atoms with Crippen molar-refractivity contribution in [3.63, 3.8) is 0 Å². The first-order valence-electron chi connectivity index (χ1n) is 6.22. The summed E-state index contributed by atoms with van der Waals surface area (Å²) in [6.07, 6.45) is -4.88. The fourth-order valence-corrected chi connectivity index (χ4v) is 2.06. The van der Waals surface area contributed by atoms with Gasteiger partial charge in [0.05, 0.1) is 12.1 Å². The van der Waals surface area contributed by atoms with Gasteiger partial charge in [0.15, 0.2) is 6.29 Å². The average Bonchev–Trinajstić information content (AvgIpc) is 2.36. The molecule has 1 aromatic rings. The van der Waals surface area contributed by atoms with Crippen LogP contribution >= 0.6 is 15.9 Å². The number of hydrogen-bond donors (Lipinski definition) is 1. The van der Waals surface area contributed by atoms with Crippen LogP contribution in [-0.2, 0) is 15.7 Å². The number of benzene rings is 1. The highest BCUT2D eigenvalue weighted by atomic mass is 79.9. The largest absolute Gasteiger partial charge is 0.417 e. The van der Waals surface area contributed by atoms with Gasteiger partial charge in [-0.1, -0.05) is 15.9 Å². The van der Waals surface area contributed by atoms with E-state index in [2.05, 4.69) is 21.2 Å². The monoisotopic (exact) mass is 355 g/mol. The molecule has 3 nitrogen and oxygen atoms in total. The number of alkyl halides is 3. The maximum absolute atomic E-state index is 12.8. The molecule has 0 spiro atoms. The van der Waals surface area contributed by atoms with Crippen LogP contribution < -0.4 is 5.32 Å². The molecular weight excluding hydrogens is 339 g/mol. The minimum absolute atomic E-state index is 0.0155. The number of hydrogen-bond acceptors (Lipinski definition) is 3. The maximum Gasteiger partial charge on any atom is 0.417 e. The normalized spacial score (nSPS) is 11.9. The highest BCUT2D eigenvalue weighted by molar-refractivity contribution is 9.10. The first kappa shape index (κ1) is 17.3. The predicted octanol–water partition coefficient (Wildman–Crippen LogP) is 4.28. The van der Waals surface area contributed by atoms with Crippen molar-refractivity contribution >= 4 is 21.6 Å². The molecule has 0 aliphatic rings. The smallest absolute Gasteiger partial charge is 0.380 e. The third kappa shape index (κ3) is 5.30. The summed E-state index contributed by atoms with van der Waals surface area (Å²) in [5.41, 5.74) is -0.350. The van der Waals surface area contributed by atoms with Gasteiger partial charge in [-0.05, 0) is 32.0 Å². The Bertz CT molecular complexity index is 421. The first-order valence-corrected chi connectivity index (χ1v) is 7.01. The van der Waals surface area contributed by atoms with E-state index in [9.17, 15) is 13.2 Å². The van der Waals surface area contributed by atoms with Gasteiger partial charge in [-0.15, -0.1) is 0 Å². The molecule has 1 rings (SSSR count). The molecule has 0 bridgehead atoms. The summed E-state index contributed by atoms with van der Waals surface area (Å²) in [7, 11) is 0. The van der Waals surface area contributed by atoms with Gasteiger partial charge in [-0.25, -0.2) is 0 Å². The topological polar surface area (TPSA) is 30.5 Å². The Morgan fingerprint density at radius 3 is 2.30 bits per heavy atom. The van der Waals surface area contributed by atoms with Crippen molar-refractivity contribution < 1.29 is 22.6 Å². The van der Waals surface area contributed by atoms with Crippen LogP contribution in [0.25, 0.3) is 0 Å². The molecule has 0 unspecified atom stereocenters. The zero-order valence-corrected chi connectivity index (χ0v) is 12.8. The van der Waals surface area contributed by atoms with Crippen LogP contribution in [0, 0.1) is 0 Å². The fraction of sp³-hybridized carbons (Fsp3) is 0.538. The van der Waals surface area contributed by atoms with Gasteiger partial charge in [0.2, 0.25) is 0 Å². The van der Waals surface area contributed by atoms with Gasteiger partial charge < -0.3 is 14.8 Å². The molecule has 0 saturated carbocycles. The molecule has 0 radical (unpaired) electrons. The lowest BCUT2D eigenvalue weighted by Crippen LogP contribution is -2.26. The summed E-state index contributed by atoms with van der Waals surface area (Å²) in [5.74, 6) is 0. The van der Waals surface area contributed by atoms with Gasteiger partial charge in [0, 0.05) is 23.4 Å². The minimum Gasteiger partial charge on any atom is -0.380 e. The van der Waals surface area contributed by atoms with Crippen LogP contribution in [0.15, 0.2) is 22.7 Å². The lowest BCUT2D eigenvalue weighted by Gasteiger charge is -2.19. The second-order valence-corrected chi connectivity index (χ2v) is 4.77. The van der Waals surface area contributed by atoms with E-state index in [1.54, 1.807) is 6.07 Å². The Morgan fingerprint density at radius 1 is 1.20 bits per heavy atom. The molecule has 1 aromatic carbocycles. The van der Waals surface area contributed by atoms with Crippen molar-refractivity contribution in [3.8, 4) is 0 Å². The lowest BCUT2D eigenvalue weighted by molar-refractivity contribution is -0.138. The number of nitrogens with one attached hydrogen (secondary N) is 1. The molecule has 7 heteroatoms. The molecule has 0 amide bonds. The molecule has 0 aliphatic carbocycles. The van der Waals surface area contributed by atoms with E-state index in [-0.39, 0.29) is 11.0 Å². The van der Waals surface area contributed by atoms with Gasteiger partial charge in [0.1, 0.15) is 0 Å².